The van der Waals surface area contributed by atoms with Crippen molar-refractivity contribution in [2.24, 2.45) is 0 Å². The number of rotatable bonds is 5. The van der Waals surface area contributed by atoms with Gasteiger partial charge in [0.25, 0.3) is 0 Å². The van der Waals surface area contributed by atoms with Gasteiger partial charge in [0, 0.05) is 42.5 Å². The summed E-state index contributed by atoms with van der Waals surface area (Å²) in [6, 6.07) is 14.1. The molecular formula is C20H18N4OS. The van der Waals surface area contributed by atoms with Crippen LogP contribution in [0.15, 0.2) is 60.2 Å². The predicted octanol–water partition coefficient (Wildman–Crippen LogP) is 3.85. The van der Waals surface area contributed by atoms with Crippen molar-refractivity contribution in [2.75, 3.05) is 25.1 Å². The third-order valence-corrected chi connectivity index (χ3v) is 5.09. The van der Waals surface area contributed by atoms with Gasteiger partial charge in [0.1, 0.15) is 10.6 Å². The Morgan fingerprint density at radius 3 is 2.58 bits per heavy atom. The number of pyridine rings is 1. The molecule has 0 amide bonds. The molecule has 5 nitrogen and oxygen atoms in total. The molecule has 0 spiro atoms. The smallest absolute Gasteiger partial charge is 0.164 e. The Morgan fingerprint density at radius 2 is 1.85 bits per heavy atom. The number of fused-ring (bicyclic) bond motifs is 1. The van der Waals surface area contributed by atoms with Gasteiger partial charge in [-0.2, -0.15) is 0 Å². The third kappa shape index (κ3) is 3.05. The molecule has 130 valence electrons. The molecule has 0 radical (unpaired) electrons. The molecule has 0 fully saturated rings. The predicted molar refractivity (Wildman–Crippen MR) is 106 cm³/mol. The minimum atomic E-state index is 0.0645. The third-order valence-electron chi connectivity index (χ3n) is 4.22. The molecule has 4 rings (SSSR count). The monoisotopic (exact) mass is 362 g/mol. The molecule has 1 N–H and O–H groups in total. The second-order valence-corrected chi connectivity index (χ2v) is 6.81. The summed E-state index contributed by atoms with van der Waals surface area (Å²) in [7, 11) is 1.94. The van der Waals surface area contributed by atoms with Gasteiger partial charge in [-0.15, -0.1) is 11.3 Å². The fraction of sp³-hybridized carbons (Fsp3) is 0.150. The number of likely N-dealkylation sites (N-methyl/N-ethyl adjacent to an activating group) is 1. The highest BCUT2D eigenvalue weighted by Crippen LogP contribution is 2.39. The number of hydrogen-bond donors (Lipinski definition) is 1. The van der Waals surface area contributed by atoms with Gasteiger partial charge in [-0.1, -0.05) is 30.3 Å². The second-order valence-electron chi connectivity index (χ2n) is 5.95. The van der Waals surface area contributed by atoms with E-state index in [0.29, 0.717) is 12.4 Å². The number of nitrogens with zero attached hydrogens (tertiary/aromatic N) is 4. The van der Waals surface area contributed by atoms with Crippen molar-refractivity contribution in [3.63, 3.8) is 0 Å². The van der Waals surface area contributed by atoms with E-state index >= 15 is 0 Å². The molecule has 0 aliphatic heterocycles. The Balaban J connectivity index is 1.95. The van der Waals surface area contributed by atoms with Crippen molar-refractivity contribution < 1.29 is 5.11 Å². The zero-order valence-corrected chi connectivity index (χ0v) is 15.1. The van der Waals surface area contributed by atoms with Crippen LogP contribution in [0.2, 0.25) is 0 Å². The van der Waals surface area contributed by atoms with Gasteiger partial charge in [-0.3, -0.25) is 4.98 Å². The molecule has 0 atom stereocenters. The first-order valence-electron chi connectivity index (χ1n) is 8.35. The fourth-order valence-electron chi connectivity index (χ4n) is 2.91. The maximum Gasteiger partial charge on any atom is 0.164 e. The summed E-state index contributed by atoms with van der Waals surface area (Å²) in [5.74, 6) is 1.47. The first kappa shape index (κ1) is 16.6. The van der Waals surface area contributed by atoms with E-state index in [1.165, 1.54) is 0 Å². The summed E-state index contributed by atoms with van der Waals surface area (Å²) in [4.78, 5) is 16.7. The molecule has 0 saturated heterocycles. The summed E-state index contributed by atoms with van der Waals surface area (Å²) in [6.45, 7) is 0.567. The topological polar surface area (TPSA) is 62.1 Å². The minimum Gasteiger partial charge on any atom is -0.395 e. The van der Waals surface area contributed by atoms with Crippen LogP contribution in [0.4, 0.5) is 5.82 Å². The molecule has 3 heterocycles. The summed E-state index contributed by atoms with van der Waals surface area (Å²) in [5.41, 5.74) is 3.13. The highest BCUT2D eigenvalue weighted by Gasteiger charge is 2.18. The van der Waals surface area contributed by atoms with E-state index in [2.05, 4.69) is 22.5 Å². The molecule has 0 aliphatic rings. The largest absolute Gasteiger partial charge is 0.395 e. The fourth-order valence-corrected chi connectivity index (χ4v) is 3.85. The van der Waals surface area contributed by atoms with Crippen molar-refractivity contribution in [2.45, 2.75) is 0 Å². The maximum atomic E-state index is 9.40. The van der Waals surface area contributed by atoms with E-state index in [4.69, 9.17) is 9.97 Å². The van der Waals surface area contributed by atoms with Crippen LogP contribution in [-0.4, -0.2) is 40.3 Å². The maximum absolute atomic E-state index is 9.40. The number of anilines is 1. The molecule has 0 bridgehead atoms. The summed E-state index contributed by atoms with van der Waals surface area (Å²) in [6.07, 6.45) is 3.50. The zero-order chi connectivity index (χ0) is 17.9. The summed E-state index contributed by atoms with van der Waals surface area (Å²) < 4.78 is 0. The van der Waals surface area contributed by atoms with E-state index < -0.39 is 0 Å². The Hall–Kier alpha value is -2.83. The molecule has 4 aromatic rings. The van der Waals surface area contributed by atoms with Gasteiger partial charge >= 0.3 is 0 Å². The molecule has 3 aromatic heterocycles. The molecular weight excluding hydrogens is 344 g/mol. The normalized spacial score (nSPS) is 11.0. The second kappa shape index (κ2) is 7.19. The highest BCUT2D eigenvalue weighted by molar-refractivity contribution is 7.17. The minimum absolute atomic E-state index is 0.0645. The standard InChI is InChI=1S/C20H18N4OS/c1-24(10-11-25)19-17-16(14-6-3-2-4-7-14)13-26-20(17)23-18(22-19)15-8-5-9-21-12-15/h2-9,12-13,25H,10-11H2,1H3. The molecule has 26 heavy (non-hydrogen) atoms. The van der Waals surface area contributed by atoms with Gasteiger partial charge in [0.05, 0.1) is 12.0 Å². The van der Waals surface area contributed by atoms with Gasteiger partial charge in [-0.05, 0) is 17.7 Å². The summed E-state index contributed by atoms with van der Waals surface area (Å²) >= 11 is 1.61. The first-order valence-corrected chi connectivity index (χ1v) is 9.23. The zero-order valence-electron chi connectivity index (χ0n) is 14.3. The lowest BCUT2D eigenvalue weighted by Crippen LogP contribution is -2.22. The average Bonchev–Trinajstić information content (AvgIpc) is 3.13. The molecule has 6 heteroatoms. The first-order chi connectivity index (χ1) is 12.8. The SMILES string of the molecule is CN(CCO)c1nc(-c2cccnc2)nc2scc(-c3ccccc3)c12. The Bertz CT molecular complexity index is 1020. The van der Waals surface area contributed by atoms with Crippen molar-refractivity contribution >= 4 is 27.4 Å². The number of aliphatic hydroxyl groups excluding tert-OH is 1. The van der Waals surface area contributed by atoms with Crippen molar-refractivity contribution in [1.82, 2.24) is 15.0 Å². The van der Waals surface area contributed by atoms with Crippen LogP contribution in [0, 0.1) is 0 Å². The van der Waals surface area contributed by atoms with E-state index in [-0.39, 0.29) is 6.61 Å². The van der Waals surface area contributed by atoms with Crippen LogP contribution in [0.3, 0.4) is 0 Å². The Morgan fingerprint density at radius 1 is 1.04 bits per heavy atom. The van der Waals surface area contributed by atoms with E-state index in [1.54, 1.807) is 23.7 Å². The van der Waals surface area contributed by atoms with E-state index in [1.807, 2.05) is 42.3 Å². The Labute approximate surface area is 155 Å². The van der Waals surface area contributed by atoms with Crippen LogP contribution in [-0.2, 0) is 0 Å². The van der Waals surface area contributed by atoms with E-state index in [9.17, 15) is 5.11 Å². The number of hydrogen-bond acceptors (Lipinski definition) is 6. The van der Waals surface area contributed by atoms with Crippen LogP contribution in [0.5, 0.6) is 0 Å². The van der Waals surface area contributed by atoms with Crippen molar-refractivity contribution in [1.29, 1.82) is 0 Å². The number of benzene rings is 1. The van der Waals surface area contributed by atoms with Crippen LogP contribution in [0.25, 0.3) is 32.7 Å². The lowest BCUT2D eigenvalue weighted by molar-refractivity contribution is 0.304. The van der Waals surface area contributed by atoms with Gasteiger partial charge in [-0.25, -0.2) is 9.97 Å². The molecule has 1 aromatic carbocycles. The summed E-state index contributed by atoms with van der Waals surface area (Å²) in [5, 5.41) is 12.5. The number of thiophene rings is 1. The quantitative estimate of drug-likeness (QED) is 0.584. The van der Waals surface area contributed by atoms with Crippen molar-refractivity contribution in [3.05, 3.63) is 60.2 Å². The number of aliphatic hydroxyl groups is 1. The van der Waals surface area contributed by atoms with Crippen molar-refractivity contribution in [3.8, 4) is 22.5 Å². The lowest BCUT2D eigenvalue weighted by atomic mass is 10.1. The molecule has 0 unspecified atom stereocenters. The molecule has 0 saturated carbocycles. The highest BCUT2D eigenvalue weighted by atomic mass is 32.1. The van der Waals surface area contributed by atoms with Crippen LogP contribution < -0.4 is 4.90 Å². The van der Waals surface area contributed by atoms with Gasteiger partial charge in [0.2, 0.25) is 0 Å². The van der Waals surface area contributed by atoms with Crippen LogP contribution >= 0.6 is 11.3 Å². The lowest BCUT2D eigenvalue weighted by Gasteiger charge is -2.19. The van der Waals surface area contributed by atoms with Gasteiger partial charge in [0.15, 0.2) is 5.82 Å². The van der Waals surface area contributed by atoms with Gasteiger partial charge < -0.3 is 10.0 Å². The van der Waals surface area contributed by atoms with Crippen LogP contribution in [0.1, 0.15) is 0 Å². The Kier molecular flexibility index (Phi) is 4.60. The van der Waals surface area contributed by atoms with E-state index in [0.717, 1.165) is 32.7 Å². The molecule has 0 aliphatic carbocycles. The number of aromatic nitrogens is 3. The average molecular weight is 362 g/mol.